The zero-order valence-electron chi connectivity index (χ0n) is 6.90. The Morgan fingerprint density at radius 1 is 1.69 bits per heavy atom. The van der Waals surface area contributed by atoms with E-state index in [0.29, 0.717) is 5.75 Å². The fraction of sp³-hybridized carbons (Fsp3) is 0.250. The Labute approximate surface area is 83.7 Å². The molecule has 4 nitrogen and oxygen atoms in total. The van der Waals surface area contributed by atoms with E-state index in [1.165, 1.54) is 13.1 Å². The predicted octanol–water partition coefficient (Wildman–Crippen LogP) is 1.70. The Kier molecular flexibility index (Phi) is 3.25. The molecule has 1 aromatic heterocycles. The first-order valence-electron chi connectivity index (χ1n) is 3.59. The van der Waals surface area contributed by atoms with E-state index in [-0.39, 0.29) is 0 Å². The van der Waals surface area contributed by atoms with Gasteiger partial charge in [-0.2, -0.15) is 0 Å². The van der Waals surface area contributed by atoms with E-state index in [2.05, 4.69) is 20.9 Å². The first-order valence-corrected chi connectivity index (χ1v) is 4.39. The topological polar surface area (TPSA) is 59.4 Å². The number of halogens is 1. The van der Waals surface area contributed by atoms with Gasteiger partial charge in [0.2, 0.25) is 0 Å². The fourth-order valence-corrected chi connectivity index (χ4v) is 1.06. The molecule has 0 aliphatic carbocycles. The second kappa shape index (κ2) is 4.23. The number of hydrogen-bond acceptors (Lipinski definition) is 3. The van der Waals surface area contributed by atoms with E-state index >= 15 is 0 Å². The second-order valence-electron chi connectivity index (χ2n) is 2.44. The van der Waals surface area contributed by atoms with Gasteiger partial charge >= 0.3 is 5.97 Å². The molecule has 13 heavy (non-hydrogen) atoms. The molecule has 0 unspecified atom stereocenters. The van der Waals surface area contributed by atoms with Gasteiger partial charge < -0.3 is 9.84 Å². The summed E-state index contributed by atoms with van der Waals surface area (Å²) in [6.07, 6.45) is 2.19. The number of carbonyl (C=O) groups is 1. The summed E-state index contributed by atoms with van der Waals surface area (Å²) in [6, 6.07) is 1.66. The number of rotatable bonds is 3. The third-order valence-corrected chi connectivity index (χ3v) is 1.77. The van der Waals surface area contributed by atoms with Crippen molar-refractivity contribution in [2.45, 2.75) is 13.0 Å². The minimum atomic E-state index is -1.00. The van der Waals surface area contributed by atoms with Crippen LogP contribution in [0.5, 0.6) is 5.75 Å². The third-order valence-electron chi connectivity index (χ3n) is 1.34. The molecule has 0 aromatic carbocycles. The van der Waals surface area contributed by atoms with Crippen molar-refractivity contribution in [1.82, 2.24) is 4.98 Å². The van der Waals surface area contributed by atoms with Crippen LogP contribution in [0.25, 0.3) is 0 Å². The van der Waals surface area contributed by atoms with E-state index in [1.807, 2.05) is 0 Å². The van der Waals surface area contributed by atoms with Gasteiger partial charge in [0.1, 0.15) is 5.75 Å². The van der Waals surface area contributed by atoms with Crippen LogP contribution in [-0.4, -0.2) is 22.2 Å². The van der Waals surface area contributed by atoms with Gasteiger partial charge in [-0.05, 0) is 28.9 Å². The van der Waals surface area contributed by atoms with E-state index < -0.39 is 12.1 Å². The summed E-state index contributed by atoms with van der Waals surface area (Å²) in [5, 5.41) is 8.56. The number of carboxylic acid groups (broad SMARTS) is 1. The van der Waals surface area contributed by atoms with Crippen molar-refractivity contribution in [2.75, 3.05) is 0 Å². The molecule has 1 atom stereocenters. The maximum atomic E-state index is 10.4. The summed E-state index contributed by atoms with van der Waals surface area (Å²) in [5.41, 5.74) is 0. The molecule has 0 fully saturated rings. The predicted molar refractivity (Wildman–Crippen MR) is 49.7 cm³/mol. The zero-order chi connectivity index (χ0) is 9.84. The third kappa shape index (κ3) is 3.02. The minimum absolute atomic E-state index is 0.435. The quantitative estimate of drug-likeness (QED) is 0.881. The van der Waals surface area contributed by atoms with Gasteiger partial charge in [0.05, 0.1) is 6.20 Å². The molecule has 0 saturated carbocycles. The van der Waals surface area contributed by atoms with Crippen molar-refractivity contribution in [1.29, 1.82) is 0 Å². The first kappa shape index (κ1) is 9.98. The van der Waals surface area contributed by atoms with Gasteiger partial charge in [-0.15, -0.1) is 0 Å². The molecule has 0 aliphatic heterocycles. The van der Waals surface area contributed by atoms with Gasteiger partial charge in [0.25, 0.3) is 0 Å². The van der Waals surface area contributed by atoms with Crippen LogP contribution < -0.4 is 4.74 Å². The molecular weight excluding hydrogens is 238 g/mol. The van der Waals surface area contributed by atoms with Gasteiger partial charge in [0, 0.05) is 10.7 Å². The van der Waals surface area contributed by atoms with Crippen LogP contribution in [0.15, 0.2) is 22.9 Å². The van der Waals surface area contributed by atoms with Gasteiger partial charge in [-0.1, -0.05) is 0 Å². The molecule has 1 heterocycles. The van der Waals surface area contributed by atoms with Gasteiger partial charge in [-0.3, -0.25) is 4.98 Å². The number of ether oxygens (including phenoxy) is 1. The van der Waals surface area contributed by atoms with Gasteiger partial charge in [-0.25, -0.2) is 4.79 Å². The summed E-state index contributed by atoms with van der Waals surface area (Å²) in [4.78, 5) is 14.3. The SMILES string of the molecule is C[C@H](Oc1cncc(Br)c1)C(=O)O. The van der Waals surface area contributed by atoms with Crippen molar-refractivity contribution in [2.24, 2.45) is 0 Å². The molecule has 0 radical (unpaired) electrons. The highest BCUT2D eigenvalue weighted by molar-refractivity contribution is 9.10. The molecule has 1 aromatic rings. The number of aromatic nitrogens is 1. The molecule has 1 rings (SSSR count). The van der Waals surface area contributed by atoms with E-state index in [9.17, 15) is 4.79 Å². The van der Waals surface area contributed by atoms with Crippen LogP contribution in [0.4, 0.5) is 0 Å². The van der Waals surface area contributed by atoms with Crippen LogP contribution in [0.3, 0.4) is 0 Å². The number of hydrogen-bond donors (Lipinski definition) is 1. The monoisotopic (exact) mass is 245 g/mol. The summed E-state index contributed by atoms with van der Waals surface area (Å²) >= 11 is 3.20. The van der Waals surface area contributed by atoms with Crippen molar-refractivity contribution in [3.63, 3.8) is 0 Å². The number of aliphatic carboxylic acids is 1. The van der Waals surface area contributed by atoms with Crippen molar-refractivity contribution < 1.29 is 14.6 Å². The molecular formula is C8H8BrNO3. The standard InChI is InChI=1S/C8H8BrNO3/c1-5(8(11)12)13-7-2-6(9)3-10-4-7/h2-5H,1H3,(H,11,12)/t5-/m0/s1. The normalized spacial score (nSPS) is 12.2. The average molecular weight is 246 g/mol. The Balaban J connectivity index is 2.69. The Morgan fingerprint density at radius 3 is 2.92 bits per heavy atom. The average Bonchev–Trinajstić information content (AvgIpc) is 2.04. The Morgan fingerprint density at radius 2 is 2.38 bits per heavy atom. The van der Waals surface area contributed by atoms with E-state index in [4.69, 9.17) is 9.84 Å². The van der Waals surface area contributed by atoms with Gasteiger partial charge in [0.15, 0.2) is 6.10 Å². The summed E-state index contributed by atoms with van der Waals surface area (Å²) < 4.78 is 5.82. The lowest BCUT2D eigenvalue weighted by molar-refractivity contribution is -0.144. The van der Waals surface area contributed by atoms with E-state index in [1.54, 1.807) is 12.3 Å². The smallest absolute Gasteiger partial charge is 0.344 e. The molecule has 0 amide bonds. The minimum Gasteiger partial charge on any atom is -0.479 e. The summed E-state index contributed by atoms with van der Waals surface area (Å²) in [7, 11) is 0. The lowest BCUT2D eigenvalue weighted by Crippen LogP contribution is -2.22. The second-order valence-corrected chi connectivity index (χ2v) is 3.35. The summed E-state index contributed by atoms with van der Waals surface area (Å²) in [6.45, 7) is 1.46. The highest BCUT2D eigenvalue weighted by Crippen LogP contribution is 2.16. The molecule has 70 valence electrons. The lowest BCUT2D eigenvalue weighted by atomic mass is 10.4. The Hall–Kier alpha value is -1.10. The fourth-order valence-electron chi connectivity index (χ4n) is 0.711. The van der Waals surface area contributed by atoms with Crippen LogP contribution in [0.1, 0.15) is 6.92 Å². The van der Waals surface area contributed by atoms with Crippen molar-refractivity contribution in [3.05, 3.63) is 22.9 Å². The number of nitrogens with zero attached hydrogens (tertiary/aromatic N) is 1. The van der Waals surface area contributed by atoms with Crippen LogP contribution in [-0.2, 0) is 4.79 Å². The molecule has 1 N–H and O–H groups in total. The van der Waals surface area contributed by atoms with E-state index in [0.717, 1.165) is 4.47 Å². The highest BCUT2D eigenvalue weighted by atomic mass is 79.9. The zero-order valence-corrected chi connectivity index (χ0v) is 8.48. The summed E-state index contributed by atoms with van der Waals surface area (Å²) in [5.74, 6) is -0.566. The molecule has 0 aliphatic rings. The number of carboxylic acids is 1. The molecule has 5 heteroatoms. The molecule has 0 spiro atoms. The van der Waals surface area contributed by atoms with Crippen LogP contribution in [0.2, 0.25) is 0 Å². The molecule has 0 bridgehead atoms. The first-order chi connectivity index (χ1) is 6.09. The highest BCUT2D eigenvalue weighted by Gasteiger charge is 2.12. The Bertz CT molecular complexity index is 316. The van der Waals surface area contributed by atoms with Crippen LogP contribution >= 0.6 is 15.9 Å². The van der Waals surface area contributed by atoms with Crippen LogP contribution in [0, 0.1) is 0 Å². The van der Waals surface area contributed by atoms with Crippen molar-refractivity contribution in [3.8, 4) is 5.75 Å². The maximum Gasteiger partial charge on any atom is 0.344 e. The number of pyridine rings is 1. The molecule has 0 saturated heterocycles. The largest absolute Gasteiger partial charge is 0.479 e. The van der Waals surface area contributed by atoms with Crippen molar-refractivity contribution >= 4 is 21.9 Å². The lowest BCUT2D eigenvalue weighted by Gasteiger charge is -2.09. The maximum absolute atomic E-state index is 10.4.